The first-order chi connectivity index (χ1) is 16.6. The molecule has 0 aliphatic carbocycles. The monoisotopic (exact) mass is 456 g/mol. The van der Waals surface area contributed by atoms with E-state index in [-0.39, 0.29) is 5.82 Å². The molecule has 0 unspecified atom stereocenters. The maximum Gasteiger partial charge on any atom is 0.171 e. The molecular formula is C25H21FN6O2. The van der Waals surface area contributed by atoms with Crippen LogP contribution in [0.4, 0.5) is 21.6 Å². The topological polar surface area (TPSA) is 79.4 Å². The lowest BCUT2D eigenvalue weighted by molar-refractivity contribution is 0.409. The Kier molecular flexibility index (Phi) is 4.51. The van der Waals surface area contributed by atoms with Gasteiger partial charge in [0.05, 0.1) is 67.5 Å². The molecule has 9 heteroatoms. The number of hydrogen-bond acceptors (Lipinski definition) is 7. The van der Waals surface area contributed by atoms with Gasteiger partial charge in [0.1, 0.15) is 11.5 Å². The number of benzene rings is 2. The van der Waals surface area contributed by atoms with Crippen LogP contribution in [-0.2, 0) is 0 Å². The van der Waals surface area contributed by atoms with Crippen LogP contribution in [0.2, 0.25) is 0 Å². The molecule has 0 amide bonds. The Morgan fingerprint density at radius 2 is 1.85 bits per heavy atom. The van der Waals surface area contributed by atoms with Crippen molar-refractivity contribution in [1.29, 1.82) is 0 Å². The quantitative estimate of drug-likeness (QED) is 0.413. The van der Waals surface area contributed by atoms with Crippen molar-refractivity contribution in [2.45, 2.75) is 0 Å². The summed E-state index contributed by atoms with van der Waals surface area (Å²) in [4.78, 5) is 20.4. The minimum Gasteiger partial charge on any atom is -0.496 e. The van der Waals surface area contributed by atoms with E-state index in [0.29, 0.717) is 18.2 Å². The van der Waals surface area contributed by atoms with E-state index in [1.807, 2.05) is 47.2 Å². The number of imidazole rings is 1. The van der Waals surface area contributed by atoms with Crippen LogP contribution in [0.5, 0.6) is 11.5 Å². The minimum absolute atomic E-state index is 0.232. The van der Waals surface area contributed by atoms with Gasteiger partial charge in [0, 0.05) is 30.1 Å². The number of ether oxygens (including phenoxy) is 2. The van der Waals surface area contributed by atoms with Crippen LogP contribution in [0.1, 0.15) is 0 Å². The highest BCUT2D eigenvalue weighted by Gasteiger charge is 2.30. The van der Waals surface area contributed by atoms with E-state index in [2.05, 4.69) is 19.9 Å². The third-order valence-electron chi connectivity index (χ3n) is 6.20. The van der Waals surface area contributed by atoms with Gasteiger partial charge in [-0.25, -0.2) is 14.4 Å². The number of pyridine rings is 2. The summed E-state index contributed by atoms with van der Waals surface area (Å²) in [6, 6.07) is 11.3. The van der Waals surface area contributed by atoms with Gasteiger partial charge in [-0.1, -0.05) is 6.07 Å². The molecule has 1 aliphatic heterocycles. The number of aromatic amines is 1. The van der Waals surface area contributed by atoms with Gasteiger partial charge in [-0.15, -0.1) is 0 Å². The Balaban J connectivity index is 1.58. The lowest BCUT2D eigenvalue weighted by Crippen LogP contribution is -2.25. The Hall–Kier alpha value is -4.40. The SMILES string of the molecule is COc1cnc(N2CN(C)c3cnc4cc(OC)c(-c5ccc6nc[nH]c6c5)cc4c32)c(F)c1. The first kappa shape index (κ1) is 20.2. The Labute approximate surface area is 194 Å². The molecule has 0 saturated carbocycles. The molecule has 170 valence electrons. The molecule has 8 nitrogen and oxygen atoms in total. The number of nitrogens with one attached hydrogen (secondary N) is 1. The van der Waals surface area contributed by atoms with Crippen molar-refractivity contribution in [1.82, 2.24) is 19.9 Å². The molecule has 0 fully saturated rings. The molecule has 1 N–H and O–H groups in total. The zero-order chi connectivity index (χ0) is 23.4. The molecule has 0 radical (unpaired) electrons. The van der Waals surface area contributed by atoms with Crippen LogP contribution in [0.15, 0.2) is 55.1 Å². The van der Waals surface area contributed by atoms with Crippen LogP contribution in [0, 0.1) is 5.82 Å². The zero-order valence-corrected chi connectivity index (χ0v) is 18.8. The minimum atomic E-state index is -0.455. The molecule has 6 rings (SSSR count). The number of rotatable bonds is 4. The fraction of sp³-hybridized carbons (Fsp3) is 0.160. The average Bonchev–Trinajstić information content (AvgIpc) is 3.46. The lowest BCUT2D eigenvalue weighted by atomic mass is 10.00. The summed E-state index contributed by atoms with van der Waals surface area (Å²) in [5.41, 5.74) is 6.18. The molecular weight excluding hydrogens is 435 g/mol. The normalized spacial score (nSPS) is 13.1. The summed E-state index contributed by atoms with van der Waals surface area (Å²) in [6.45, 7) is 0.438. The first-order valence-corrected chi connectivity index (χ1v) is 10.7. The van der Waals surface area contributed by atoms with Gasteiger partial charge < -0.3 is 24.3 Å². The third-order valence-corrected chi connectivity index (χ3v) is 6.20. The van der Waals surface area contributed by atoms with Crippen molar-refractivity contribution in [2.75, 3.05) is 37.7 Å². The first-order valence-electron chi connectivity index (χ1n) is 10.7. The van der Waals surface area contributed by atoms with Crippen molar-refractivity contribution < 1.29 is 13.9 Å². The van der Waals surface area contributed by atoms with E-state index in [1.165, 1.54) is 19.4 Å². The number of hydrogen-bond donors (Lipinski definition) is 1. The van der Waals surface area contributed by atoms with Gasteiger partial charge in [0.2, 0.25) is 0 Å². The standard InChI is InChI=1S/C25H21FN6O2/c1-31-13-32(25-18(26)7-15(33-2)10-28-25)24-17-8-16(14-4-5-19-21(6-14)30-12-29-19)23(34-3)9-20(17)27-11-22(24)31/h4-12H,13H2,1-3H3,(H,29,30). The summed E-state index contributed by atoms with van der Waals surface area (Å²) in [7, 11) is 5.08. The van der Waals surface area contributed by atoms with E-state index in [0.717, 1.165) is 44.4 Å². The third kappa shape index (κ3) is 3.01. The van der Waals surface area contributed by atoms with E-state index in [9.17, 15) is 0 Å². The highest BCUT2D eigenvalue weighted by molar-refractivity contribution is 6.05. The van der Waals surface area contributed by atoms with E-state index in [4.69, 9.17) is 9.47 Å². The second-order valence-corrected chi connectivity index (χ2v) is 8.14. The van der Waals surface area contributed by atoms with Gasteiger partial charge >= 0.3 is 0 Å². The largest absolute Gasteiger partial charge is 0.496 e. The molecule has 1 aliphatic rings. The fourth-order valence-electron chi connectivity index (χ4n) is 4.51. The van der Waals surface area contributed by atoms with Gasteiger partial charge in [-0.05, 0) is 23.8 Å². The van der Waals surface area contributed by atoms with Crippen molar-refractivity contribution in [2.24, 2.45) is 0 Å². The lowest BCUT2D eigenvalue weighted by Gasteiger charge is -2.20. The second kappa shape index (κ2) is 7.58. The molecule has 0 spiro atoms. The molecule has 5 aromatic rings. The van der Waals surface area contributed by atoms with Crippen molar-refractivity contribution >= 4 is 39.1 Å². The number of nitrogens with zero attached hydrogens (tertiary/aromatic N) is 5. The molecule has 2 aromatic carbocycles. The van der Waals surface area contributed by atoms with Crippen LogP contribution < -0.4 is 19.3 Å². The summed E-state index contributed by atoms with van der Waals surface area (Å²) >= 11 is 0. The molecule has 3 aromatic heterocycles. The summed E-state index contributed by atoms with van der Waals surface area (Å²) in [5.74, 6) is 0.847. The van der Waals surface area contributed by atoms with E-state index in [1.54, 1.807) is 19.6 Å². The van der Waals surface area contributed by atoms with Crippen LogP contribution in [0.25, 0.3) is 33.1 Å². The van der Waals surface area contributed by atoms with E-state index >= 15 is 4.39 Å². The van der Waals surface area contributed by atoms with E-state index < -0.39 is 5.82 Å². The summed E-state index contributed by atoms with van der Waals surface area (Å²) in [6.07, 6.45) is 5.00. The number of anilines is 3. The number of methoxy groups -OCH3 is 2. The van der Waals surface area contributed by atoms with Crippen molar-refractivity contribution in [3.63, 3.8) is 0 Å². The molecule has 4 heterocycles. The predicted molar refractivity (Wildman–Crippen MR) is 130 cm³/mol. The summed E-state index contributed by atoms with van der Waals surface area (Å²) < 4.78 is 25.9. The van der Waals surface area contributed by atoms with Gasteiger partial charge in [0.25, 0.3) is 0 Å². The second-order valence-electron chi connectivity index (χ2n) is 8.14. The van der Waals surface area contributed by atoms with Crippen molar-refractivity contribution in [3.05, 3.63) is 60.9 Å². The number of H-pyrrole nitrogens is 1. The Morgan fingerprint density at radius 1 is 0.971 bits per heavy atom. The van der Waals surface area contributed by atoms with Gasteiger partial charge in [-0.2, -0.15) is 0 Å². The fourth-order valence-corrected chi connectivity index (χ4v) is 4.51. The maximum atomic E-state index is 15.0. The van der Waals surface area contributed by atoms with Crippen LogP contribution >= 0.6 is 0 Å². The number of aromatic nitrogens is 4. The Bertz CT molecular complexity index is 1570. The molecule has 0 atom stereocenters. The highest BCUT2D eigenvalue weighted by atomic mass is 19.1. The molecule has 0 bridgehead atoms. The zero-order valence-electron chi connectivity index (χ0n) is 18.8. The Morgan fingerprint density at radius 3 is 2.65 bits per heavy atom. The highest BCUT2D eigenvalue weighted by Crippen LogP contribution is 2.46. The maximum absolute atomic E-state index is 15.0. The van der Waals surface area contributed by atoms with Crippen LogP contribution in [0.3, 0.4) is 0 Å². The average molecular weight is 456 g/mol. The molecule has 0 saturated heterocycles. The summed E-state index contributed by atoms with van der Waals surface area (Å²) in [5, 5.41) is 0.874. The van der Waals surface area contributed by atoms with Crippen LogP contribution in [-0.4, -0.2) is 47.9 Å². The van der Waals surface area contributed by atoms with Gasteiger partial charge in [-0.3, -0.25) is 4.98 Å². The number of fused-ring (bicyclic) bond motifs is 4. The number of halogens is 1. The van der Waals surface area contributed by atoms with Gasteiger partial charge in [0.15, 0.2) is 11.6 Å². The van der Waals surface area contributed by atoms with Crippen molar-refractivity contribution in [3.8, 4) is 22.6 Å². The molecule has 34 heavy (non-hydrogen) atoms. The smallest absolute Gasteiger partial charge is 0.171 e. The predicted octanol–water partition coefficient (Wildman–Crippen LogP) is 4.87.